The second kappa shape index (κ2) is 69.1. The van der Waals surface area contributed by atoms with E-state index in [2.05, 4.69) is 57.2 Å². The number of hydrogen-bond donors (Lipinski definition) is 0. The van der Waals surface area contributed by atoms with Crippen LogP contribution < -0.4 is 0 Å². The standard InChI is InChI=1S/C74H138O6/c1-4-7-10-13-16-19-22-24-26-28-29-30-31-32-33-34-35-36-37-38-39-40-41-42-43-44-45-47-48-50-52-55-58-61-64-67-73(76)79-70-71(69-78-72(75)66-63-60-57-54-21-18-15-12-9-6-3)80-74(77)68-65-62-59-56-53-51-49-46-27-25-23-20-17-14-11-8-5-2/h12,15,25,27-29,71H,4-11,13-14,16-24,26,30-70H2,1-3H3/b15-12-,27-25-,29-28-. The predicted molar refractivity (Wildman–Crippen MR) is 349 cm³/mol. The monoisotopic (exact) mass is 1120 g/mol. The van der Waals surface area contributed by atoms with Crippen molar-refractivity contribution in [1.82, 2.24) is 0 Å². The quantitative estimate of drug-likeness (QED) is 0.0261. The van der Waals surface area contributed by atoms with E-state index in [0.717, 1.165) is 70.6 Å². The van der Waals surface area contributed by atoms with Gasteiger partial charge in [0.25, 0.3) is 0 Å². The molecule has 0 aliphatic heterocycles. The summed E-state index contributed by atoms with van der Waals surface area (Å²) in [5.41, 5.74) is 0. The lowest BCUT2D eigenvalue weighted by Crippen LogP contribution is -2.30. The van der Waals surface area contributed by atoms with Gasteiger partial charge in [0, 0.05) is 19.3 Å². The minimum Gasteiger partial charge on any atom is -0.462 e. The molecule has 0 N–H and O–H groups in total. The fourth-order valence-corrected chi connectivity index (χ4v) is 10.9. The van der Waals surface area contributed by atoms with Crippen molar-refractivity contribution in [1.29, 1.82) is 0 Å². The van der Waals surface area contributed by atoms with Gasteiger partial charge >= 0.3 is 17.9 Å². The van der Waals surface area contributed by atoms with Gasteiger partial charge in [-0.1, -0.05) is 327 Å². The second-order valence-corrected chi connectivity index (χ2v) is 24.5. The number of esters is 3. The molecule has 0 amide bonds. The first-order valence-corrected chi connectivity index (χ1v) is 36.0. The van der Waals surface area contributed by atoms with E-state index in [4.69, 9.17) is 14.2 Å². The van der Waals surface area contributed by atoms with Gasteiger partial charge in [0.1, 0.15) is 13.2 Å². The van der Waals surface area contributed by atoms with E-state index in [-0.39, 0.29) is 31.1 Å². The van der Waals surface area contributed by atoms with E-state index in [0.29, 0.717) is 19.3 Å². The van der Waals surface area contributed by atoms with E-state index in [1.807, 2.05) is 0 Å². The molecule has 80 heavy (non-hydrogen) atoms. The topological polar surface area (TPSA) is 78.9 Å². The first-order valence-electron chi connectivity index (χ1n) is 36.0. The van der Waals surface area contributed by atoms with Gasteiger partial charge in [-0.2, -0.15) is 0 Å². The maximum absolute atomic E-state index is 12.9. The molecule has 6 nitrogen and oxygen atoms in total. The molecule has 0 aromatic rings. The average Bonchev–Trinajstić information content (AvgIpc) is 3.46. The van der Waals surface area contributed by atoms with E-state index < -0.39 is 6.10 Å². The summed E-state index contributed by atoms with van der Waals surface area (Å²) in [4.78, 5) is 38.3. The molecule has 1 atom stereocenters. The fourth-order valence-electron chi connectivity index (χ4n) is 10.9. The van der Waals surface area contributed by atoms with Crippen LogP contribution in [-0.4, -0.2) is 37.2 Å². The Hall–Kier alpha value is -2.37. The van der Waals surface area contributed by atoms with Crippen LogP contribution in [0.2, 0.25) is 0 Å². The zero-order chi connectivity index (χ0) is 57.8. The fraction of sp³-hybridized carbons (Fsp3) is 0.878. The summed E-state index contributed by atoms with van der Waals surface area (Å²) >= 11 is 0. The zero-order valence-electron chi connectivity index (χ0n) is 54.1. The van der Waals surface area contributed by atoms with E-state index >= 15 is 0 Å². The third-order valence-corrected chi connectivity index (χ3v) is 16.3. The molecule has 0 radical (unpaired) electrons. The Kier molecular flexibility index (Phi) is 67.1. The molecule has 0 fully saturated rings. The van der Waals surface area contributed by atoms with Crippen LogP contribution in [-0.2, 0) is 28.6 Å². The Bertz CT molecular complexity index is 1340. The number of hydrogen-bond acceptors (Lipinski definition) is 6. The van der Waals surface area contributed by atoms with Crippen LogP contribution in [0.15, 0.2) is 36.5 Å². The van der Waals surface area contributed by atoms with Gasteiger partial charge in [-0.15, -0.1) is 0 Å². The van der Waals surface area contributed by atoms with E-state index in [9.17, 15) is 14.4 Å². The van der Waals surface area contributed by atoms with Gasteiger partial charge in [0.15, 0.2) is 6.10 Å². The van der Waals surface area contributed by atoms with Crippen LogP contribution in [0.1, 0.15) is 400 Å². The normalized spacial score (nSPS) is 12.2. The molecule has 1 unspecified atom stereocenters. The number of allylic oxidation sites excluding steroid dienone is 6. The highest BCUT2D eigenvalue weighted by molar-refractivity contribution is 5.71. The maximum Gasteiger partial charge on any atom is 0.306 e. The molecule has 0 saturated carbocycles. The minimum absolute atomic E-state index is 0.0721. The SMILES string of the molecule is CCC/C=C\CCCCCCCC(=O)OCC(COC(=O)CCCCCCCCCCCCCCCCCCCCCCCCC/C=C\CCCCCCCCCC)OC(=O)CCCCCCCCC/C=C\CCCCCCCC. The smallest absolute Gasteiger partial charge is 0.306 e. The highest BCUT2D eigenvalue weighted by atomic mass is 16.6. The number of carbonyl (C=O) groups is 3. The van der Waals surface area contributed by atoms with Crippen LogP contribution in [0.25, 0.3) is 0 Å². The van der Waals surface area contributed by atoms with Crippen molar-refractivity contribution in [2.24, 2.45) is 0 Å². The molecule has 0 rings (SSSR count). The molecule has 0 aliphatic carbocycles. The number of unbranched alkanes of at least 4 members (excludes halogenated alkanes) is 50. The van der Waals surface area contributed by atoms with Gasteiger partial charge in [0.2, 0.25) is 0 Å². The summed E-state index contributed by atoms with van der Waals surface area (Å²) in [6, 6.07) is 0. The minimum atomic E-state index is -0.775. The predicted octanol–water partition coefficient (Wildman–Crippen LogP) is 24.7. The van der Waals surface area contributed by atoms with Gasteiger partial charge in [-0.3, -0.25) is 14.4 Å². The molecule has 0 aliphatic rings. The lowest BCUT2D eigenvalue weighted by Gasteiger charge is -2.18. The van der Waals surface area contributed by atoms with Crippen molar-refractivity contribution in [3.63, 3.8) is 0 Å². The van der Waals surface area contributed by atoms with Crippen molar-refractivity contribution < 1.29 is 28.6 Å². The van der Waals surface area contributed by atoms with Crippen LogP contribution in [0, 0.1) is 0 Å². The summed E-state index contributed by atoms with van der Waals surface area (Å²) in [6.07, 6.45) is 86.4. The average molecular weight is 1120 g/mol. The molecule has 0 aromatic heterocycles. The molecule has 0 spiro atoms. The van der Waals surface area contributed by atoms with Crippen LogP contribution in [0.5, 0.6) is 0 Å². The second-order valence-electron chi connectivity index (χ2n) is 24.5. The van der Waals surface area contributed by atoms with Gasteiger partial charge < -0.3 is 14.2 Å². The molecule has 6 heteroatoms. The third kappa shape index (κ3) is 66.4. The van der Waals surface area contributed by atoms with Crippen molar-refractivity contribution in [3.05, 3.63) is 36.5 Å². The molecular weight excluding hydrogens is 985 g/mol. The Morgan fingerprint density at radius 1 is 0.237 bits per heavy atom. The first kappa shape index (κ1) is 77.6. The first-order chi connectivity index (χ1) is 39.5. The zero-order valence-corrected chi connectivity index (χ0v) is 54.1. The molecule has 0 bridgehead atoms. The lowest BCUT2D eigenvalue weighted by atomic mass is 10.0. The summed E-state index contributed by atoms with van der Waals surface area (Å²) in [7, 11) is 0. The third-order valence-electron chi connectivity index (χ3n) is 16.3. The maximum atomic E-state index is 12.9. The lowest BCUT2D eigenvalue weighted by molar-refractivity contribution is -0.167. The summed E-state index contributed by atoms with van der Waals surface area (Å²) in [6.45, 7) is 6.62. The Labute approximate surface area is 499 Å². The largest absolute Gasteiger partial charge is 0.462 e. The summed E-state index contributed by atoms with van der Waals surface area (Å²) in [5, 5.41) is 0. The van der Waals surface area contributed by atoms with E-state index in [1.54, 1.807) is 0 Å². The Morgan fingerprint density at radius 3 is 0.675 bits per heavy atom. The van der Waals surface area contributed by atoms with E-state index in [1.165, 1.54) is 289 Å². The van der Waals surface area contributed by atoms with Crippen molar-refractivity contribution in [2.45, 2.75) is 406 Å². The highest BCUT2D eigenvalue weighted by Crippen LogP contribution is 2.18. The number of rotatable bonds is 67. The Balaban J connectivity index is 4.00. The van der Waals surface area contributed by atoms with Gasteiger partial charge in [-0.25, -0.2) is 0 Å². The van der Waals surface area contributed by atoms with Gasteiger partial charge in [0.05, 0.1) is 0 Å². The number of ether oxygens (including phenoxy) is 3. The molecule has 0 heterocycles. The van der Waals surface area contributed by atoms with Crippen LogP contribution in [0.4, 0.5) is 0 Å². The molecule has 0 aromatic carbocycles. The van der Waals surface area contributed by atoms with Crippen molar-refractivity contribution >= 4 is 17.9 Å². The summed E-state index contributed by atoms with van der Waals surface area (Å²) in [5.74, 6) is -0.864. The molecule has 470 valence electrons. The summed E-state index contributed by atoms with van der Waals surface area (Å²) < 4.78 is 16.9. The Morgan fingerprint density at radius 2 is 0.438 bits per heavy atom. The van der Waals surface area contributed by atoms with Crippen LogP contribution in [0.3, 0.4) is 0 Å². The number of carbonyl (C=O) groups excluding carboxylic acids is 3. The highest BCUT2D eigenvalue weighted by Gasteiger charge is 2.19. The van der Waals surface area contributed by atoms with Crippen LogP contribution >= 0.6 is 0 Å². The van der Waals surface area contributed by atoms with Gasteiger partial charge in [-0.05, 0) is 89.9 Å². The van der Waals surface area contributed by atoms with Crippen molar-refractivity contribution in [3.8, 4) is 0 Å². The molecule has 0 saturated heterocycles. The molecular formula is C74H138O6. The van der Waals surface area contributed by atoms with Crippen molar-refractivity contribution in [2.75, 3.05) is 13.2 Å².